The molecule has 0 heterocycles. The summed E-state index contributed by atoms with van der Waals surface area (Å²) in [5, 5.41) is 7.38. The molecule has 4 nitrogen and oxygen atoms in total. The number of esters is 1. The van der Waals surface area contributed by atoms with E-state index in [-0.39, 0.29) is 11.8 Å². The van der Waals surface area contributed by atoms with Crippen LogP contribution in [0, 0.1) is 16.7 Å². The number of hydrogen-bond donors (Lipinski definition) is 2. The zero-order valence-electron chi connectivity index (χ0n) is 13.4. The van der Waals surface area contributed by atoms with Gasteiger partial charge in [-0.15, -0.1) is 0 Å². The van der Waals surface area contributed by atoms with E-state index in [1.54, 1.807) is 24.3 Å². The second kappa shape index (κ2) is 7.25. The fourth-order valence-electron chi connectivity index (χ4n) is 2.40. The van der Waals surface area contributed by atoms with E-state index in [1.165, 1.54) is 0 Å². The van der Waals surface area contributed by atoms with E-state index in [2.05, 4.69) is 27.7 Å². The van der Waals surface area contributed by atoms with Crippen molar-refractivity contribution in [3.63, 3.8) is 0 Å². The maximum atomic E-state index is 12.0. The van der Waals surface area contributed by atoms with Gasteiger partial charge in [0.25, 0.3) is 0 Å². The Morgan fingerprint density at radius 1 is 1.33 bits per heavy atom. The molecule has 0 amide bonds. The standard InChI is InChI=1S/C17H26N2O2/c1-12(11-17(2,3)4)8-9-21-16(20)14-7-5-6-13(10-14)15(18)19/h5-7,10,12H,8-9,11H2,1-4H3,(H3,18,19). The molecule has 0 spiro atoms. The molecule has 0 aliphatic carbocycles. The molecule has 0 fully saturated rings. The highest BCUT2D eigenvalue weighted by molar-refractivity contribution is 5.98. The van der Waals surface area contributed by atoms with E-state index in [9.17, 15) is 4.79 Å². The summed E-state index contributed by atoms with van der Waals surface area (Å²) in [6, 6.07) is 6.66. The van der Waals surface area contributed by atoms with Gasteiger partial charge in [0.15, 0.2) is 0 Å². The van der Waals surface area contributed by atoms with Crippen molar-refractivity contribution < 1.29 is 9.53 Å². The SMILES string of the molecule is CC(CCOC(=O)c1cccc(C(=N)N)c1)CC(C)(C)C. The van der Waals surface area contributed by atoms with E-state index in [0.717, 1.165) is 12.8 Å². The van der Waals surface area contributed by atoms with Crippen LogP contribution in [0.2, 0.25) is 0 Å². The normalized spacial score (nSPS) is 12.8. The van der Waals surface area contributed by atoms with Crippen LogP contribution in [-0.2, 0) is 4.74 Å². The Kier molecular flexibility index (Phi) is 5.94. The maximum absolute atomic E-state index is 12.0. The number of nitrogen functional groups attached to an aromatic ring is 1. The third-order valence-corrected chi connectivity index (χ3v) is 3.21. The molecule has 0 aliphatic rings. The van der Waals surface area contributed by atoms with E-state index < -0.39 is 0 Å². The predicted molar refractivity (Wildman–Crippen MR) is 85.6 cm³/mol. The maximum Gasteiger partial charge on any atom is 0.338 e. The van der Waals surface area contributed by atoms with Gasteiger partial charge in [0.05, 0.1) is 12.2 Å². The molecule has 3 N–H and O–H groups in total. The number of benzene rings is 1. The summed E-state index contributed by atoms with van der Waals surface area (Å²) in [6.07, 6.45) is 1.96. The van der Waals surface area contributed by atoms with Gasteiger partial charge in [-0.1, -0.05) is 39.8 Å². The van der Waals surface area contributed by atoms with Crippen LogP contribution < -0.4 is 5.73 Å². The summed E-state index contributed by atoms with van der Waals surface area (Å²) >= 11 is 0. The van der Waals surface area contributed by atoms with Gasteiger partial charge in [-0.25, -0.2) is 4.79 Å². The molecule has 1 atom stereocenters. The molecule has 0 saturated heterocycles. The Labute approximate surface area is 127 Å². The van der Waals surface area contributed by atoms with Gasteiger partial charge in [-0.2, -0.15) is 0 Å². The molecule has 1 rings (SSSR count). The first kappa shape index (κ1) is 17.2. The quantitative estimate of drug-likeness (QED) is 0.477. The Balaban J connectivity index is 2.47. The highest BCUT2D eigenvalue weighted by Crippen LogP contribution is 2.25. The van der Waals surface area contributed by atoms with Crippen molar-refractivity contribution in [3.8, 4) is 0 Å². The molecule has 116 valence electrons. The lowest BCUT2D eigenvalue weighted by Crippen LogP contribution is -2.15. The van der Waals surface area contributed by atoms with E-state index in [1.807, 2.05) is 0 Å². The molecular formula is C17H26N2O2. The minimum absolute atomic E-state index is 0.0524. The predicted octanol–water partition coefficient (Wildman–Crippen LogP) is 3.59. The van der Waals surface area contributed by atoms with Crippen molar-refractivity contribution in [1.29, 1.82) is 5.41 Å². The van der Waals surface area contributed by atoms with E-state index in [4.69, 9.17) is 15.9 Å². The largest absolute Gasteiger partial charge is 0.462 e. The number of carbonyl (C=O) groups is 1. The van der Waals surface area contributed by atoms with Crippen LogP contribution in [0.4, 0.5) is 0 Å². The molecular weight excluding hydrogens is 264 g/mol. The molecule has 1 aromatic rings. The molecule has 21 heavy (non-hydrogen) atoms. The number of amidine groups is 1. The van der Waals surface area contributed by atoms with Crippen LogP contribution in [0.3, 0.4) is 0 Å². The third kappa shape index (κ3) is 6.43. The monoisotopic (exact) mass is 290 g/mol. The third-order valence-electron chi connectivity index (χ3n) is 3.21. The van der Waals surface area contributed by atoms with Crippen molar-refractivity contribution >= 4 is 11.8 Å². The molecule has 0 saturated carbocycles. The van der Waals surface area contributed by atoms with E-state index in [0.29, 0.717) is 29.1 Å². The van der Waals surface area contributed by atoms with Gasteiger partial charge in [0.1, 0.15) is 5.84 Å². The summed E-state index contributed by atoms with van der Waals surface area (Å²) in [6.45, 7) is 9.23. The summed E-state index contributed by atoms with van der Waals surface area (Å²) in [7, 11) is 0. The summed E-state index contributed by atoms with van der Waals surface area (Å²) in [4.78, 5) is 12.0. The fraction of sp³-hybridized carbons (Fsp3) is 0.529. The number of nitrogens with one attached hydrogen (secondary N) is 1. The van der Waals surface area contributed by atoms with Gasteiger partial charge >= 0.3 is 5.97 Å². The topological polar surface area (TPSA) is 76.2 Å². The number of nitrogens with two attached hydrogens (primary N) is 1. The van der Waals surface area contributed by atoms with Crippen LogP contribution in [0.5, 0.6) is 0 Å². The van der Waals surface area contributed by atoms with Gasteiger partial charge in [-0.3, -0.25) is 5.41 Å². The highest BCUT2D eigenvalue weighted by atomic mass is 16.5. The van der Waals surface area contributed by atoms with Crippen molar-refractivity contribution in [2.45, 2.75) is 40.5 Å². The lowest BCUT2D eigenvalue weighted by Gasteiger charge is -2.23. The lowest BCUT2D eigenvalue weighted by atomic mass is 9.84. The minimum atomic E-state index is -0.360. The first-order valence-corrected chi connectivity index (χ1v) is 7.30. The second-order valence-corrected chi connectivity index (χ2v) is 6.79. The number of ether oxygens (including phenoxy) is 1. The molecule has 0 bridgehead atoms. The number of carbonyl (C=O) groups excluding carboxylic acids is 1. The summed E-state index contributed by atoms with van der Waals surface area (Å²) in [5.74, 6) is 0.103. The van der Waals surface area contributed by atoms with Crippen LogP contribution in [-0.4, -0.2) is 18.4 Å². The Hall–Kier alpha value is -1.84. The van der Waals surface area contributed by atoms with Gasteiger partial charge < -0.3 is 10.5 Å². The zero-order valence-corrected chi connectivity index (χ0v) is 13.4. The average molecular weight is 290 g/mol. The molecule has 1 aromatic carbocycles. The van der Waals surface area contributed by atoms with Crippen molar-refractivity contribution in [3.05, 3.63) is 35.4 Å². The van der Waals surface area contributed by atoms with Crippen LogP contribution in [0.25, 0.3) is 0 Å². The molecule has 4 heteroatoms. The second-order valence-electron chi connectivity index (χ2n) is 6.79. The van der Waals surface area contributed by atoms with Crippen molar-refractivity contribution in [2.75, 3.05) is 6.61 Å². The fourth-order valence-corrected chi connectivity index (χ4v) is 2.40. The Morgan fingerprint density at radius 3 is 2.52 bits per heavy atom. The van der Waals surface area contributed by atoms with Gasteiger partial charge in [0, 0.05) is 5.56 Å². The summed E-state index contributed by atoms with van der Waals surface area (Å²) in [5.41, 5.74) is 6.67. The van der Waals surface area contributed by atoms with E-state index >= 15 is 0 Å². The van der Waals surface area contributed by atoms with Gasteiger partial charge in [0.2, 0.25) is 0 Å². The van der Waals surface area contributed by atoms with Crippen LogP contribution >= 0.6 is 0 Å². The first-order chi connectivity index (χ1) is 9.69. The van der Waals surface area contributed by atoms with Crippen LogP contribution in [0.1, 0.15) is 56.5 Å². The molecule has 0 radical (unpaired) electrons. The molecule has 1 unspecified atom stereocenters. The van der Waals surface area contributed by atoms with Crippen LogP contribution in [0.15, 0.2) is 24.3 Å². The average Bonchev–Trinajstić information content (AvgIpc) is 2.36. The number of rotatable bonds is 6. The molecule has 0 aliphatic heterocycles. The molecule has 0 aromatic heterocycles. The first-order valence-electron chi connectivity index (χ1n) is 7.30. The Morgan fingerprint density at radius 2 is 1.95 bits per heavy atom. The Bertz CT molecular complexity index is 504. The van der Waals surface area contributed by atoms with Crippen molar-refractivity contribution in [1.82, 2.24) is 0 Å². The lowest BCUT2D eigenvalue weighted by molar-refractivity contribution is 0.0478. The zero-order chi connectivity index (χ0) is 16.0. The number of hydrogen-bond acceptors (Lipinski definition) is 3. The smallest absolute Gasteiger partial charge is 0.338 e. The highest BCUT2D eigenvalue weighted by Gasteiger charge is 2.16. The minimum Gasteiger partial charge on any atom is -0.462 e. The van der Waals surface area contributed by atoms with Crippen molar-refractivity contribution in [2.24, 2.45) is 17.1 Å². The van der Waals surface area contributed by atoms with Gasteiger partial charge in [-0.05, 0) is 36.3 Å². The summed E-state index contributed by atoms with van der Waals surface area (Å²) < 4.78 is 5.30.